The summed E-state index contributed by atoms with van der Waals surface area (Å²) in [5, 5.41) is 5.94. The summed E-state index contributed by atoms with van der Waals surface area (Å²) >= 11 is 0. The number of hydrogen-bond acceptors (Lipinski definition) is 4. The van der Waals surface area contributed by atoms with Crippen molar-refractivity contribution in [1.29, 1.82) is 0 Å². The second-order valence-electron chi connectivity index (χ2n) is 3.96. The average Bonchev–Trinajstić information content (AvgIpc) is 2.29. The van der Waals surface area contributed by atoms with Crippen LogP contribution >= 0.6 is 0 Å². The van der Waals surface area contributed by atoms with Crippen LogP contribution in [-0.4, -0.2) is 38.8 Å². The van der Waals surface area contributed by atoms with Crippen LogP contribution < -0.4 is 16.4 Å². The zero-order valence-electron chi connectivity index (χ0n) is 10.2. The first-order valence-corrected chi connectivity index (χ1v) is 5.86. The fraction of sp³-hybridized carbons (Fsp3) is 0.583. The minimum absolute atomic E-state index is 0.0000770. The van der Waals surface area contributed by atoms with Gasteiger partial charge in [0.15, 0.2) is 0 Å². The average molecular weight is 239 g/mol. The third-order valence-corrected chi connectivity index (χ3v) is 2.39. The second kappa shape index (κ2) is 8.00. The van der Waals surface area contributed by atoms with Gasteiger partial charge in [0.05, 0.1) is 6.61 Å². The van der Waals surface area contributed by atoms with Crippen molar-refractivity contribution in [3.63, 3.8) is 0 Å². The molecule has 1 aliphatic carbocycles. The first-order chi connectivity index (χ1) is 8.22. The van der Waals surface area contributed by atoms with Gasteiger partial charge in [-0.25, -0.2) is 0 Å². The van der Waals surface area contributed by atoms with Crippen LogP contribution in [0.25, 0.3) is 0 Å². The highest BCUT2D eigenvalue weighted by atomic mass is 16.5. The highest BCUT2D eigenvalue weighted by Crippen LogP contribution is 2.06. The van der Waals surface area contributed by atoms with E-state index in [-0.39, 0.29) is 11.9 Å². The zero-order valence-corrected chi connectivity index (χ0v) is 10.2. The molecule has 0 fully saturated rings. The van der Waals surface area contributed by atoms with Gasteiger partial charge < -0.3 is 21.1 Å². The number of methoxy groups -OCH3 is 1. The molecule has 96 valence electrons. The Balaban J connectivity index is 2.14. The van der Waals surface area contributed by atoms with E-state index in [0.717, 1.165) is 18.7 Å². The van der Waals surface area contributed by atoms with E-state index < -0.39 is 0 Å². The minimum Gasteiger partial charge on any atom is -0.383 e. The van der Waals surface area contributed by atoms with Gasteiger partial charge in [-0.1, -0.05) is 6.08 Å². The van der Waals surface area contributed by atoms with Gasteiger partial charge in [-0.05, 0) is 18.6 Å². The van der Waals surface area contributed by atoms with Crippen molar-refractivity contribution in [1.82, 2.24) is 10.6 Å². The number of rotatable bonds is 7. The molecule has 5 nitrogen and oxygen atoms in total. The van der Waals surface area contributed by atoms with Crippen LogP contribution in [0, 0.1) is 0 Å². The molecule has 0 bridgehead atoms. The largest absolute Gasteiger partial charge is 0.383 e. The lowest BCUT2D eigenvalue weighted by Gasteiger charge is -2.13. The predicted molar refractivity (Wildman–Crippen MR) is 67.3 cm³/mol. The minimum atomic E-state index is -0.0000770. The molecule has 4 N–H and O–H groups in total. The van der Waals surface area contributed by atoms with Crippen molar-refractivity contribution in [3.05, 3.63) is 23.9 Å². The van der Waals surface area contributed by atoms with Gasteiger partial charge in [0.1, 0.15) is 0 Å². The summed E-state index contributed by atoms with van der Waals surface area (Å²) in [5.74, 6) is -0.0000770. The first kappa shape index (κ1) is 13.9. The highest BCUT2D eigenvalue weighted by molar-refractivity contribution is 5.78. The Labute approximate surface area is 102 Å². The number of carbonyl (C=O) groups is 1. The molecule has 1 atom stereocenters. The van der Waals surface area contributed by atoms with Crippen molar-refractivity contribution in [3.8, 4) is 0 Å². The topological polar surface area (TPSA) is 76.4 Å². The van der Waals surface area contributed by atoms with E-state index in [4.69, 9.17) is 10.5 Å². The van der Waals surface area contributed by atoms with Crippen molar-refractivity contribution < 1.29 is 9.53 Å². The van der Waals surface area contributed by atoms with Crippen LogP contribution in [0.2, 0.25) is 0 Å². The van der Waals surface area contributed by atoms with Crippen LogP contribution in [0.5, 0.6) is 0 Å². The summed E-state index contributed by atoms with van der Waals surface area (Å²) in [6, 6.07) is 0.00938. The van der Waals surface area contributed by atoms with Gasteiger partial charge in [-0.3, -0.25) is 4.79 Å². The van der Waals surface area contributed by atoms with Crippen molar-refractivity contribution >= 4 is 5.91 Å². The fourth-order valence-electron chi connectivity index (χ4n) is 1.51. The Bertz CT molecular complexity index is 300. The van der Waals surface area contributed by atoms with Gasteiger partial charge >= 0.3 is 0 Å². The van der Waals surface area contributed by atoms with Crippen molar-refractivity contribution in [2.24, 2.45) is 5.73 Å². The van der Waals surface area contributed by atoms with Crippen molar-refractivity contribution in [2.45, 2.75) is 18.9 Å². The molecule has 1 unspecified atom stereocenters. The lowest BCUT2D eigenvalue weighted by molar-refractivity contribution is -0.120. The van der Waals surface area contributed by atoms with Gasteiger partial charge in [-0.2, -0.15) is 0 Å². The van der Waals surface area contributed by atoms with Gasteiger partial charge in [0, 0.05) is 38.4 Å². The summed E-state index contributed by atoms with van der Waals surface area (Å²) < 4.78 is 4.89. The Morgan fingerprint density at radius 3 is 3.12 bits per heavy atom. The van der Waals surface area contributed by atoms with Gasteiger partial charge in [-0.15, -0.1) is 0 Å². The van der Waals surface area contributed by atoms with E-state index in [9.17, 15) is 4.79 Å². The molecule has 1 amide bonds. The molecule has 0 aromatic rings. The molecular formula is C12H21N3O2. The van der Waals surface area contributed by atoms with E-state index in [1.807, 2.05) is 18.2 Å². The molecule has 0 aromatic heterocycles. The van der Waals surface area contributed by atoms with Crippen molar-refractivity contribution in [2.75, 3.05) is 26.8 Å². The van der Waals surface area contributed by atoms with E-state index in [0.29, 0.717) is 19.6 Å². The molecule has 1 aliphatic rings. The highest BCUT2D eigenvalue weighted by Gasteiger charge is 2.07. The third-order valence-electron chi connectivity index (χ3n) is 2.39. The van der Waals surface area contributed by atoms with Crippen LogP contribution in [0.15, 0.2) is 23.9 Å². The summed E-state index contributed by atoms with van der Waals surface area (Å²) in [6.07, 6.45) is 7.01. The number of hydrogen-bond donors (Lipinski definition) is 3. The molecule has 0 heterocycles. The monoisotopic (exact) mass is 239 g/mol. The van der Waals surface area contributed by atoms with E-state index >= 15 is 0 Å². The summed E-state index contributed by atoms with van der Waals surface area (Å²) in [6.45, 7) is 2.07. The maximum Gasteiger partial charge on any atom is 0.225 e. The molecule has 17 heavy (non-hydrogen) atoms. The number of amides is 1. The second-order valence-corrected chi connectivity index (χ2v) is 3.96. The molecule has 1 rings (SSSR count). The number of nitrogens with two attached hydrogens (primary N) is 1. The Morgan fingerprint density at radius 1 is 1.59 bits per heavy atom. The molecular weight excluding hydrogens is 218 g/mol. The Kier molecular flexibility index (Phi) is 6.54. The zero-order chi connectivity index (χ0) is 12.5. The van der Waals surface area contributed by atoms with Crippen LogP contribution in [0.4, 0.5) is 0 Å². The standard InChI is InChI=1S/C12H21N3O2/c1-17-8-7-14-6-5-12(16)15-11-4-2-3-10(13)9-11/h2,4,9-10,14H,3,5-8,13H2,1H3,(H,15,16). The number of ether oxygens (including phenoxy) is 1. The number of nitrogens with one attached hydrogen (secondary N) is 2. The van der Waals surface area contributed by atoms with Crippen LogP contribution in [-0.2, 0) is 9.53 Å². The number of carbonyl (C=O) groups excluding carboxylic acids is 1. The van der Waals surface area contributed by atoms with E-state index in [1.165, 1.54) is 0 Å². The smallest absolute Gasteiger partial charge is 0.225 e. The molecule has 0 aromatic carbocycles. The quantitative estimate of drug-likeness (QED) is 0.542. The lowest BCUT2D eigenvalue weighted by atomic mass is 10.1. The lowest BCUT2D eigenvalue weighted by Crippen LogP contribution is -2.30. The van der Waals surface area contributed by atoms with E-state index in [2.05, 4.69) is 10.6 Å². The molecule has 0 radical (unpaired) electrons. The fourth-order valence-corrected chi connectivity index (χ4v) is 1.51. The first-order valence-electron chi connectivity index (χ1n) is 5.86. The maximum atomic E-state index is 11.6. The molecule has 0 saturated heterocycles. The predicted octanol–water partition coefficient (Wildman–Crippen LogP) is -0.100. The molecule has 0 aliphatic heterocycles. The third kappa shape index (κ3) is 6.21. The normalized spacial score (nSPS) is 18.9. The van der Waals surface area contributed by atoms with Crippen LogP contribution in [0.3, 0.4) is 0 Å². The molecule has 0 saturated carbocycles. The summed E-state index contributed by atoms with van der Waals surface area (Å²) in [5.41, 5.74) is 6.55. The summed E-state index contributed by atoms with van der Waals surface area (Å²) in [7, 11) is 1.65. The number of allylic oxidation sites excluding steroid dienone is 1. The Morgan fingerprint density at radius 2 is 2.41 bits per heavy atom. The van der Waals surface area contributed by atoms with Crippen LogP contribution in [0.1, 0.15) is 12.8 Å². The molecule has 5 heteroatoms. The van der Waals surface area contributed by atoms with Gasteiger partial charge in [0.2, 0.25) is 5.91 Å². The van der Waals surface area contributed by atoms with E-state index in [1.54, 1.807) is 7.11 Å². The maximum absolute atomic E-state index is 11.6. The SMILES string of the molecule is COCCNCCC(=O)NC1=CC(N)CC=C1. The Hall–Kier alpha value is -1.17. The van der Waals surface area contributed by atoms with Gasteiger partial charge in [0.25, 0.3) is 0 Å². The molecule has 0 spiro atoms. The summed E-state index contributed by atoms with van der Waals surface area (Å²) in [4.78, 5) is 11.6.